The molecule has 1 aliphatic rings. The van der Waals surface area contributed by atoms with Crippen LogP contribution in [0.15, 0.2) is 64.0 Å². The Morgan fingerprint density at radius 3 is 2.74 bits per heavy atom. The van der Waals surface area contributed by atoms with Gasteiger partial charge < -0.3 is 4.57 Å². The maximum atomic E-state index is 11.5. The number of nitrogens with one attached hydrogen (secondary N) is 1. The van der Waals surface area contributed by atoms with Gasteiger partial charge in [-0.05, 0) is 70.9 Å². The number of fused-ring (bicyclic) bond motifs is 3. The van der Waals surface area contributed by atoms with Crippen LogP contribution in [-0.2, 0) is 25.8 Å². The molecule has 2 aromatic carbocycles. The molecule has 5 aromatic rings. The lowest BCUT2D eigenvalue weighted by Gasteiger charge is -2.14. The highest BCUT2D eigenvalue weighted by Gasteiger charge is 2.20. The van der Waals surface area contributed by atoms with E-state index in [0.29, 0.717) is 12.4 Å². The van der Waals surface area contributed by atoms with E-state index < -0.39 is 5.76 Å². The molecular formula is C28H25N5O2. The third-order valence-corrected chi connectivity index (χ3v) is 6.74. The fourth-order valence-corrected chi connectivity index (χ4v) is 5.03. The Bertz CT molecular complexity index is 1650. The zero-order valence-electron chi connectivity index (χ0n) is 19.7. The second-order valence-electron chi connectivity index (χ2n) is 8.95. The third-order valence-electron chi connectivity index (χ3n) is 6.74. The lowest BCUT2D eigenvalue weighted by Crippen LogP contribution is -2.06. The van der Waals surface area contributed by atoms with Crippen molar-refractivity contribution >= 4 is 22.8 Å². The van der Waals surface area contributed by atoms with Gasteiger partial charge in [0.2, 0.25) is 0 Å². The summed E-state index contributed by atoms with van der Waals surface area (Å²) in [6.07, 6.45) is 6.47. The molecule has 7 heteroatoms. The van der Waals surface area contributed by atoms with Gasteiger partial charge in [-0.15, -0.1) is 0 Å². The van der Waals surface area contributed by atoms with Gasteiger partial charge in [0.05, 0.1) is 6.54 Å². The monoisotopic (exact) mass is 463 g/mol. The maximum absolute atomic E-state index is 11.5. The second-order valence-corrected chi connectivity index (χ2v) is 8.95. The Balaban J connectivity index is 1.45. The van der Waals surface area contributed by atoms with Gasteiger partial charge in [-0.1, -0.05) is 54.5 Å². The van der Waals surface area contributed by atoms with Crippen LogP contribution in [0.25, 0.3) is 22.8 Å². The first-order valence-corrected chi connectivity index (χ1v) is 11.9. The van der Waals surface area contributed by atoms with E-state index >= 15 is 0 Å². The number of rotatable bonds is 4. The van der Waals surface area contributed by atoms with Gasteiger partial charge in [-0.2, -0.15) is 0 Å². The molecule has 0 aliphatic heterocycles. The summed E-state index contributed by atoms with van der Waals surface area (Å²) in [6, 6.07) is 17.1. The van der Waals surface area contributed by atoms with E-state index in [1.807, 2.05) is 24.4 Å². The molecule has 0 atom stereocenters. The summed E-state index contributed by atoms with van der Waals surface area (Å²) >= 11 is 0. The number of hydrogen-bond donors (Lipinski definition) is 1. The van der Waals surface area contributed by atoms with E-state index in [-0.39, 0.29) is 0 Å². The van der Waals surface area contributed by atoms with Gasteiger partial charge >= 0.3 is 5.76 Å². The molecule has 0 bridgehead atoms. The summed E-state index contributed by atoms with van der Waals surface area (Å²) in [5.41, 5.74) is 10.1. The SMILES string of the molecule is CCc1nc2c(C)ccnc2n1Cc1ccc2c(c1)CCc1ccccc1/C2=C\c1noc(=O)[nH]1. The molecular weight excluding hydrogens is 438 g/mol. The molecule has 6 rings (SSSR count). The van der Waals surface area contributed by atoms with Crippen LogP contribution >= 0.6 is 0 Å². The van der Waals surface area contributed by atoms with E-state index in [1.54, 1.807) is 0 Å². The van der Waals surface area contributed by atoms with Crippen LogP contribution in [0.4, 0.5) is 0 Å². The van der Waals surface area contributed by atoms with Crippen molar-refractivity contribution in [3.63, 3.8) is 0 Å². The molecule has 1 aliphatic carbocycles. The molecule has 1 N–H and O–H groups in total. The number of aromatic amines is 1. The molecule has 0 unspecified atom stereocenters. The fourth-order valence-electron chi connectivity index (χ4n) is 5.03. The van der Waals surface area contributed by atoms with Crippen LogP contribution in [0.5, 0.6) is 0 Å². The van der Waals surface area contributed by atoms with Gasteiger partial charge in [-0.25, -0.2) is 14.8 Å². The third kappa shape index (κ3) is 3.79. The summed E-state index contributed by atoms with van der Waals surface area (Å²) in [4.78, 5) is 23.7. The first kappa shape index (κ1) is 21.3. The highest BCUT2D eigenvalue weighted by Crippen LogP contribution is 2.35. The summed E-state index contributed by atoms with van der Waals surface area (Å²) in [5.74, 6) is 0.896. The first-order valence-electron chi connectivity index (χ1n) is 11.9. The average Bonchev–Trinajstić information content (AvgIpc) is 3.41. The van der Waals surface area contributed by atoms with Crippen LogP contribution < -0.4 is 5.76 Å². The summed E-state index contributed by atoms with van der Waals surface area (Å²) in [5, 5.41) is 3.87. The minimum Gasteiger partial charge on any atom is -0.308 e. The number of imidazole rings is 1. The van der Waals surface area contributed by atoms with Gasteiger partial charge in [0, 0.05) is 12.6 Å². The Morgan fingerprint density at radius 1 is 1.09 bits per heavy atom. The van der Waals surface area contributed by atoms with Crippen molar-refractivity contribution in [2.45, 2.75) is 39.7 Å². The van der Waals surface area contributed by atoms with E-state index in [9.17, 15) is 4.79 Å². The van der Waals surface area contributed by atoms with Gasteiger partial charge in [0.15, 0.2) is 11.5 Å². The number of aryl methyl sites for hydroxylation is 4. The predicted octanol–water partition coefficient (Wildman–Crippen LogP) is 4.71. The molecule has 3 aromatic heterocycles. The largest absolute Gasteiger partial charge is 0.439 e. The van der Waals surface area contributed by atoms with Crippen molar-refractivity contribution in [2.24, 2.45) is 0 Å². The molecule has 0 radical (unpaired) electrons. The lowest BCUT2D eigenvalue weighted by molar-refractivity contribution is 0.385. The van der Waals surface area contributed by atoms with E-state index in [2.05, 4.69) is 69.9 Å². The van der Waals surface area contributed by atoms with Crippen molar-refractivity contribution in [1.29, 1.82) is 0 Å². The number of hydrogen-bond acceptors (Lipinski definition) is 5. The summed E-state index contributed by atoms with van der Waals surface area (Å²) in [6.45, 7) is 4.93. The van der Waals surface area contributed by atoms with Crippen LogP contribution in [0.2, 0.25) is 0 Å². The number of nitrogens with zero attached hydrogens (tertiary/aromatic N) is 4. The normalized spacial score (nSPS) is 14.2. The molecule has 0 spiro atoms. The minimum atomic E-state index is -0.558. The van der Waals surface area contributed by atoms with Gasteiger partial charge in [-0.3, -0.25) is 9.51 Å². The van der Waals surface area contributed by atoms with Crippen molar-refractivity contribution in [2.75, 3.05) is 0 Å². The number of pyridine rings is 1. The van der Waals surface area contributed by atoms with Crippen LogP contribution in [0.3, 0.4) is 0 Å². The zero-order chi connectivity index (χ0) is 23.9. The molecule has 0 amide bonds. The van der Waals surface area contributed by atoms with Crippen molar-refractivity contribution in [3.8, 4) is 0 Å². The van der Waals surface area contributed by atoms with Crippen LogP contribution in [-0.4, -0.2) is 24.7 Å². The number of benzene rings is 2. The summed E-state index contributed by atoms with van der Waals surface area (Å²) in [7, 11) is 0. The smallest absolute Gasteiger partial charge is 0.308 e. The van der Waals surface area contributed by atoms with Gasteiger partial charge in [0.25, 0.3) is 0 Å². The highest BCUT2D eigenvalue weighted by atomic mass is 16.5. The molecule has 0 saturated heterocycles. The molecule has 0 saturated carbocycles. The number of H-pyrrole nitrogens is 1. The Morgan fingerprint density at radius 2 is 1.91 bits per heavy atom. The van der Waals surface area contributed by atoms with Crippen molar-refractivity contribution in [3.05, 3.63) is 110 Å². The van der Waals surface area contributed by atoms with Crippen molar-refractivity contribution in [1.82, 2.24) is 24.7 Å². The van der Waals surface area contributed by atoms with Gasteiger partial charge in [0.1, 0.15) is 11.3 Å². The van der Waals surface area contributed by atoms with E-state index in [4.69, 9.17) is 9.51 Å². The average molecular weight is 464 g/mol. The Kier molecular flexibility index (Phi) is 5.17. The standard InChI is InChI=1S/C28H25N5O2/c1-3-25-31-26-17(2)12-13-29-27(26)33(25)16-18-8-11-22-20(14-18)10-9-19-6-4-5-7-21(19)23(22)15-24-30-28(34)35-32-24/h4-8,11-15H,3,9-10,16H2,1-2H3,(H,30,32,34)/b23-15+. The lowest BCUT2D eigenvalue weighted by atomic mass is 9.92. The van der Waals surface area contributed by atoms with Crippen molar-refractivity contribution < 1.29 is 4.52 Å². The second kappa shape index (κ2) is 8.51. The first-order chi connectivity index (χ1) is 17.1. The van der Waals surface area contributed by atoms with Crippen LogP contribution in [0.1, 0.15) is 52.0 Å². The molecule has 0 fully saturated rings. The van der Waals surface area contributed by atoms with E-state index in [1.165, 1.54) is 16.7 Å². The molecule has 174 valence electrons. The number of aromatic nitrogens is 5. The van der Waals surface area contributed by atoms with E-state index in [0.717, 1.165) is 58.5 Å². The Hall–Kier alpha value is -4.26. The molecule has 35 heavy (non-hydrogen) atoms. The maximum Gasteiger partial charge on any atom is 0.439 e. The predicted molar refractivity (Wildman–Crippen MR) is 135 cm³/mol. The minimum absolute atomic E-state index is 0.413. The Labute approximate surface area is 202 Å². The topological polar surface area (TPSA) is 89.6 Å². The highest BCUT2D eigenvalue weighted by molar-refractivity contribution is 5.93. The van der Waals surface area contributed by atoms with Crippen LogP contribution in [0, 0.1) is 6.92 Å². The summed E-state index contributed by atoms with van der Waals surface area (Å²) < 4.78 is 6.96. The quantitative estimate of drug-likeness (QED) is 0.417. The molecule has 7 nitrogen and oxygen atoms in total. The zero-order valence-corrected chi connectivity index (χ0v) is 19.7. The molecule has 3 heterocycles. The fraction of sp³-hybridized carbons (Fsp3) is 0.214.